The molecule has 1 fully saturated rings. The Bertz CT molecular complexity index is 570. The van der Waals surface area contributed by atoms with Gasteiger partial charge in [0.2, 0.25) is 5.91 Å². The highest BCUT2D eigenvalue weighted by Crippen LogP contribution is 2.23. The first kappa shape index (κ1) is 19.8. The zero-order valence-corrected chi connectivity index (χ0v) is 16.2. The van der Waals surface area contributed by atoms with Gasteiger partial charge in [0.1, 0.15) is 18.8 Å². The van der Waals surface area contributed by atoms with Crippen molar-refractivity contribution in [1.29, 1.82) is 0 Å². The van der Waals surface area contributed by atoms with E-state index < -0.39 is 0 Å². The third kappa shape index (κ3) is 5.76. The largest absolute Gasteiger partial charge is 0.369 e. The molecular weight excluding hydrogens is 322 g/mol. The number of carbonyl (C=O) groups is 1. The van der Waals surface area contributed by atoms with Crippen LogP contribution in [0, 0.1) is 0 Å². The maximum atomic E-state index is 11.6. The molecule has 1 aliphatic rings. The molecule has 1 saturated heterocycles. The van der Waals surface area contributed by atoms with Gasteiger partial charge in [-0.25, -0.2) is 9.67 Å². The highest BCUT2D eigenvalue weighted by Gasteiger charge is 2.34. The van der Waals surface area contributed by atoms with Crippen molar-refractivity contribution < 1.29 is 14.3 Å². The Morgan fingerprint density at radius 3 is 2.84 bits per heavy atom. The van der Waals surface area contributed by atoms with E-state index in [1.54, 1.807) is 20.4 Å². The quantitative estimate of drug-likeness (QED) is 0.726. The molecule has 1 aliphatic heterocycles. The van der Waals surface area contributed by atoms with E-state index in [2.05, 4.69) is 42.7 Å². The number of likely N-dealkylation sites (N-methyl/N-ethyl adjacent to an activating group) is 1. The lowest BCUT2D eigenvalue weighted by molar-refractivity contribution is -0.161. The smallest absolute Gasteiger partial charge is 0.248 e. The Morgan fingerprint density at radius 1 is 1.48 bits per heavy atom. The molecule has 0 unspecified atom stereocenters. The zero-order valence-electron chi connectivity index (χ0n) is 16.2. The fourth-order valence-corrected chi connectivity index (χ4v) is 3.05. The summed E-state index contributed by atoms with van der Waals surface area (Å²) in [5.74, 6) is 0.909. The number of nitrogens with zero attached hydrogens (tertiary/aromatic N) is 5. The van der Waals surface area contributed by atoms with Crippen LogP contribution in [0.25, 0.3) is 0 Å². The van der Waals surface area contributed by atoms with E-state index in [9.17, 15) is 4.79 Å². The molecule has 1 atom stereocenters. The number of hydrogen-bond donors (Lipinski definition) is 0. The van der Waals surface area contributed by atoms with Gasteiger partial charge in [0, 0.05) is 33.2 Å². The molecule has 1 amide bonds. The van der Waals surface area contributed by atoms with E-state index in [0.29, 0.717) is 6.61 Å². The van der Waals surface area contributed by atoms with Crippen LogP contribution in [-0.2, 0) is 20.8 Å². The van der Waals surface area contributed by atoms with Crippen LogP contribution in [0.2, 0.25) is 0 Å². The van der Waals surface area contributed by atoms with Gasteiger partial charge in [-0.2, -0.15) is 5.10 Å². The van der Waals surface area contributed by atoms with Gasteiger partial charge in [-0.1, -0.05) is 0 Å². The number of amides is 1. The first-order chi connectivity index (χ1) is 11.7. The fourth-order valence-electron chi connectivity index (χ4n) is 3.05. The van der Waals surface area contributed by atoms with Crippen molar-refractivity contribution in [3.63, 3.8) is 0 Å². The minimum atomic E-state index is -0.277. The molecule has 8 nitrogen and oxygen atoms in total. The van der Waals surface area contributed by atoms with Crippen LogP contribution in [0.15, 0.2) is 6.33 Å². The summed E-state index contributed by atoms with van der Waals surface area (Å²) < 4.78 is 13.6. The molecule has 0 N–H and O–H groups in total. The average Bonchev–Trinajstić information content (AvgIpc) is 2.93. The molecule has 25 heavy (non-hydrogen) atoms. The minimum absolute atomic E-state index is 0.0445. The van der Waals surface area contributed by atoms with E-state index in [-0.39, 0.29) is 30.3 Å². The monoisotopic (exact) mass is 353 g/mol. The molecule has 142 valence electrons. The predicted octanol–water partition coefficient (Wildman–Crippen LogP) is 0.943. The SMILES string of the molecule is CC(C)n1ncnc1CN1C[C@H](COCC(=O)N(C)C)OC(C)(C)C1. The first-order valence-electron chi connectivity index (χ1n) is 8.74. The van der Waals surface area contributed by atoms with Gasteiger partial charge in [0.05, 0.1) is 24.9 Å². The molecule has 0 radical (unpaired) electrons. The van der Waals surface area contributed by atoms with Crippen molar-refractivity contribution in [2.75, 3.05) is 40.4 Å². The standard InChI is InChI=1S/C17H31N5O3/c1-13(2)22-15(18-12-19-22)8-21-7-14(25-17(3,4)11-21)9-24-10-16(23)20(5)6/h12-14H,7-11H2,1-6H3/t14-/m1/s1. The molecule has 0 aromatic carbocycles. The van der Waals surface area contributed by atoms with E-state index in [1.165, 1.54) is 4.90 Å². The van der Waals surface area contributed by atoms with Crippen molar-refractivity contribution in [3.8, 4) is 0 Å². The highest BCUT2D eigenvalue weighted by atomic mass is 16.5. The van der Waals surface area contributed by atoms with E-state index in [1.807, 2.05) is 4.68 Å². The van der Waals surface area contributed by atoms with E-state index >= 15 is 0 Å². The molecule has 0 bridgehead atoms. The van der Waals surface area contributed by atoms with Crippen molar-refractivity contribution >= 4 is 5.91 Å². The van der Waals surface area contributed by atoms with Crippen molar-refractivity contribution in [2.24, 2.45) is 0 Å². The predicted molar refractivity (Wildman–Crippen MR) is 94.1 cm³/mol. The second-order valence-corrected chi connectivity index (χ2v) is 7.69. The van der Waals surface area contributed by atoms with Crippen molar-refractivity contribution in [2.45, 2.75) is 52.0 Å². The maximum absolute atomic E-state index is 11.6. The van der Waals surface area contributed by atoms with Crippen molar-refractivity contribution in [3.05, 3.63) is 12.2 Å². The van der Waals surface area contributed by atoms with Crippen LogP contribution in [0.5, 0.6) is 0 Å². The summed E-state index contributed by atoms with van der Waals surface area (Å²) in [4.78, 5) is 19.9. The van der Waals surface area contributed by atoms with Crippen LogP contribution < -0.4 is 0 Å². The lowest BCUT2D eigenvalue weighted by atomic mass is 10.1. The third-order valence-electron chi connectivity index (χ3n) is 4.08. The van der Waals surface area contributed by atoms with Crippen LogP contribution in [0.3, 0.4) is 0 Å². The topological polar surface area (TPSA) is 72.7 Å². The molecule has 1 aromatic heterocycles. The molecule has 2 heterocycles. The summed E-state index contributed by atoms with van der Waals surface area (Å²) in [5.41, 5.74) is -0.277. The Kier molecular flexibility index (Phi) is 6.53. The Labute approximate surface area is 150 Å². The fraction of sp³-hybridized carbons (Fsp3) is 0.824. The van der Waals surface area contributed by atoms with E-state index in [4.69, 9.17) is 9.47 Å². The molecule has 0 spiro atoms. The van der Waals surface area contributed by atoms with Crippen LogP contribution in [0.4, 0.5) is 0 Å². The van der Waals surface area contributed by atoms with Crippen LogP contribution >= 0.6 is 0 Å². The number of aromatic nitrogens is 3. The van der Waals surface area contributed by atoms with Gasteiger partial charge >= 0.3 is 0 Å². The summed E-state index contributed by atoms with van der Waals surface area (Å²) in [5, 5.41) is 4.30. The number of carbonyl (C=O) groups excluding carboxylic acids is 1. The summed E-state index contributed by atoms with van der Waals surface area (Å²) >= 11 is 0. The Morgan fingerprint density at radius 2 is 2.20 bits per heavy atom. The second-order valence-electron chi connectivity index (χ2n) is 7.69. The molecule has 1 aromatic rings. The highest BCUT2D eigenvalue weighted by molar-refractivity contribution is 5.76. The first-order valence-corrected chi connectivity index (χ1v) is 8.74. The Balaban J connectivity index is 1.93. The van der Waals surface area contributed by atoms with Gasteiger partial charge in [-0.05, 0) is 27.7 Å². The van der Waals surface area contributed by atoms with Gasteiger partial charge in [0.25, 0.3) is 0 Å². The lowest BCUT2D eigenvalue weighted by Gasteiger charge is -2.42. The second kappa shape index (κ2) is 8.25. The lowest BCUT2D eigenvalue weighted by Crippen LogP contribution is -2.54. The van der Waals surface area contributed by atoms with Crippen molar-refractivity contribution in [1.82, 2.24) is 24.6 Å². The summed E-state index contributed by atoms with van der Waals surface area (Å²) in [7, 11) is 3.44. The van der Waals surface area contributed by atoms with E-state index in [0.717, 1.165) is 25.5 Å². The number of ether oxygens (including phenoxy) is 2. The van der Waals surface area contributed by atoms with Gasteiger partial charge < -0.3 is 14.4 Å². The average molecular weight is 353 g/mol. The molecule has 0 aliphatic carbocycles. The Hall–Kier alpha value is -1.51. The number of hydrogen-bond acceptors (Lipinski definition) is 6. The molecule has 8 heteroatoms. The van der Waals surface area contributed by atoms with Gasteiger partial charge in [-0.3, -0.25) is 9.69 Å². The zero-order chi connectivity index (χ0) is 18.6. The number of rotatable bonds is 7. The van der Waals surface area contributed by atoms with Gasteiger partial charge in [0.15, 0.2) is 0 Å². The summed E-state index contributed by atoms with van der Waals surface area (Å²) in [6.45, 7) is 11.1. The van der Waals surface area contributed by atoms with Crippen LogP contribution in [0.1, 0.15) is 39.6 Å². The van der Waals surface area contributed by atoms with Gasteiger partial charge in [-0.15, -0.1) is 0 Å². The number of morpholine rings is 1. The minimum Gasteiger partial charge on any atom is -0.369 e. The summed E-state index contributed by atoms with van der Waals surface area (Å²) in [6, 6.07) is 0.280. The molecule has 0 saturated carbocycles. The molecular formula is C17H31N5O3. The summed E-state index contributed by atoms with van der Waals surface area (Å²) in [6.07, 6.45) is 1.53. The van der Waals surface area contributed by atoms with Crippen LogP contribution in [-0.4, -0.2) is 82.6 Å². The molecule has 2 rings (SSSR count). The maximum Gasteiger partial charge on any atom is 0.248 e. The third-order valence-corrected chi connectivity index (χ3v) is 4.08. The normalized spacial score (nSPS) is 20.8.